The van der Waals surface area contributed by atoms with E-state index in [-0.39, 0.29) is 11.3 Å². The number of carbonyl (C=O) groups excluding carboxylic acids is 2. The second kappa shape index (κ2) is 11.0. The van der Waals surface area contributed by atoms with Crippen LogP contribution in [0.1, 0.15) is 29.2 Å². The van der Waals surface area contributed by atoms with Crippen molar-refractivity contribution in [2.45, 2.75) is 19.1 Å². The monoisotopic (exact) mass is 470 g/mol. The van der Waals surface area contributed by atoms with Gasteiger partial charge in [-0.25, -0.2) is 0 Å². The highest BCUT2D eigenvalue weighted by molar-refractivity contribution is 6.46. The molecule has 3 aromatic rings. The number of ether oxygens (including phenoxy) is 1. The molecule has 1 aliphatic rings. The van der Waals surface area contributed by atoms with E-state index in [0.717, 1.165) is 24.1 Å². The minimum Gasteiger partial charge on any atom is -0.507 e. The molecule has 1 atom stereocenters. The molecule has 1 aliphatic heterocycles. The van der Waals surface area contributed by atoms with Gasteiger partial charge >= 0.3 is 0 Å². The number of nitrogens with zero attached hydrogens (tertiary/aromatic N) is 2. The van der Waals surface area contributed by atoms with Gasteiger partial charge in [0.05, 0.1) is 11.6 Å². The fraction of sp³-hybridized carbons (Fsp3) is 0.241. The minimum absolute atomic E-state index is 0.115. The van der Waals surface area contributed by atoms with E-state index in [2.05, 4.69) is 0 Å². The number of aliphatic hydroxyl groups excluding tert-OH is 1. The van der Waals surface area contributed by atoms with Crippen molar-refractivity contribution < 1.29 is 19.4 Å². The molecule has 0 radical (unpaired) electrons. The summed E-state index contributed by atoms with van der Waals surface area (Å²) in [5.74, 6) is -0.774. The zero-order chi connectivity index (χ0) is 24.8. The summed E-state index contributed by atoms with van der Waals surface area (Å²) in [4.78, 5) is 29.7. The number of benzene rings is 3. The second-order valence-corrected chi connectivity index (χ2v) is 8.86. The summed E-state index contributed by atoms with van der Waals surface area (Å²) in [5.41, 5.74) is 2.42. The van der Waals surface area contributed by atoms with Crippen molar-refractivity contribution in [2.75, 3.05) is 27.2 Å². The predicted molar refractivity (Wildman–Crippen MR) is 136 cm³/mol. The lowest BCUT2D eigenvalue weighted by Gasteiger charge is -2.26. The summed E-state index contributed by atoms with van der Waals surface area (Å²) >= 11 is 0. The Bertz CT molecular complexity index is 1190. The first-order valence-corrected chi connectivity index (χ1v) is 11.7. The molecule has 0 aromatic heterocycles. The normalized spacial score (nSPS) is 17.2. The number of rotatable bonds is 9. The summed E-state index contributed by atoms with van der Waals surface area (Å²) in [6.07, 6.45) is 0.719. The highest BCUT2D eigenvalue weighted by Crippen LogP contribution is 2.39. The molecular formula is C29H30N2O4. The molecule has 0 aliphatic carbocycles. The zero-order valence-electron chi connectivity index (χ0n) is 20.1. The van der Waals surface area contributed by atoms with Gasteiger partial charge in [0.25, 0.3) is 11.7 Å². The maximum absolute atomic E-state index is 13.1. The summed E-state index contributed by atoms with van der Waals surface area (Å²) in [6, 6.07) is 25.5. The standard InChI is InChI=1S/C29H30N2O4/c1-30(2)18-9-19-31-26(22-12-7-4-8-13-22)25(28(33)29(31)34)27(32)23-14-16-24(17-15-23)35-20-21-10-5-3-6-11-21/h3-8,10-17,26,32H,9,18-20H2,1-2H3. The Labute approximate surface area is 206 Å². The van der Waals surface area contributed by atoms with E-state index in [1.807, 2.05) is 79.7 Å². The van der Waals surface area contributed by atoms with E-state index < -0.39 is 17.7 Å². The third-order valence-corrected chi connectivity index (χ3v) is 6.04. The van der Waals surface area contributed by atoms with Crippen LogP contribution in [0.15, 0.2) is 90.5 Å². The number of likely N-dealkylation sites (tertiary alicyclic amines) is 1. The maximum Gasteiger partial charge on any atom is 0.295 e. The maximum atomic E-state index is 13.1. The molecule has 3 aromatic carbocycles. The molecule has 1 saturated heterocycles. The lowest BCUT2D eigenvalue weighted by molar-refractivity contribution is -0.139. The van der Waals surface area contributed by atoms with E-state index in [1.165, 1.54) is 0 Å². The van der Waals surface area contributed by atoms with Gasteiger partial charge in [0.2, 0.25) is 0 Å². The molecule has 0 saturated carbocycles. The molecular weight excluding hydrogens is 440 g/mol. The summed E-state index contributed by atoms with van der Waals surface area (Å²) in [5, 5.41) is 11.2. The summed E-state index contributed by atoms with van der Waals surface area (Å²) in [6.45, 7) is 1.64. The molecule has 1 amide bonds. The molecule has 0 spiro atoms. The first-order valence-electron chi connectivity index (χ1n) is 11.7. The SMILES string of the molecule is CN(C)CCCN1C(=O)C(=O)C(=C(O)c2ccc(OCc3ccccc3)cc2)C1c1ccccc1. The molecule has 1 heterocycles. The average Bonchev–Trinajstić information content (AvgIpc) is 3.13. The number of hydrogen-bond acceptors (Lipinski definition) is 5. The quantitative estimate of drug-likeness (QED) is 0.280. The number of carbonyl (C=O) groups is 2. The van der Waals surface area contributed by atoms with Crippen molar-refractivity contribution in [1.82, 2.24) is 9.80 Å². The minimum atomic E-state index is -0.661. The van der Waals surface area contributed by atoms with Crippen LogP contribution in [0.25, 0.3) is 5.76 Å². The van der Waals surface area contributed by atoms with Gasteiger partial charge in [0, 0.05) is 12.1 Å². The van der Waals surface area contributed by atoms with Crippen molar-refractivity contribution in [3.63, 3.8) is 0 Å². The van der Waals surface area contributed by atoms with Crippen molar-refractivity contribution >= 4 is 17.4 Å². The highest BCUT2D eigenvalue weighted by Gasteiger charge is 2.45. The van der Waals surface area contributed by atoms with Crippen LogP contribution in [0.3, 0.4) is 0 Å². The number of amides is 1. The summed E-state index contributed by atoms with van der Waals surface area (Å²) < 4.78 is 5.83. The predicted octanol–water partition coefficient (Wildman–Crippen LogP) is 4.64. The molecule has 0 bridgehead atoms. The highest BCUT2D eigenvalue weighted by atomic mass is 16.5. The Kier molecular flexibility index (Phi) is 7.63. The summed E-state index contributed by atoms with van der Waals surface area (Å²) in [7, 11) is 3.94. The van der Waals surface area contributed by atoms with Gasteiger partial charge in [-0.05, 0) is 62.5 Å². The lowest BCUT2D eigenvalue weighted by Crippen LogP contribution is -2.32. The van der Waals surface area contributed by atoms with Gasteiger partial charge in [-0.1, -0.05) is 60.7 Å². The molecule has 1 N–H and O–H groups in total. The first-order chi connectivity index (χ1) is 17.0. The third-order valence-electron chi connectivity index (χ3n) is 6.04. The number of Topliss-reactive ketones (excluding diaryl/α,β-unsaturated/α-hetero) is 1. The van der Waals surface area contributed by atoms with Gasteiger partial charge in [0.15, 0.2) is 0 Å². The topological polar surface area (TPSA) is 70.1 Å². The van der Waals surface area contributed by atoms with Crippen LogP contribution in [0.2, 0.25) is 0 Å². The van der Waals surface area contributed by atoms with Gasteiger partial charge < -0.3 is 19.6 Å². The van der Waals surface area contributed by atoms with Crippen molar-refractivity contribution in [3.05, 3.63) is 107 Å². The fourth-order valence-electron chi connectivity index (χ4n) is 4.26. The number of hydrogen-bond donors (Lipinski definition) is 1. The van der Waals surface area contributed by atoms with Crippen molar-refractivity contribution in [2.24, 2.45) is 0 Å². The van der Waals surface area contributed by atoms with E-state index in [1.54, 1.807) is 29.2 Å². The van der Waals surface area contributed by atoms with Crippen LogP contribution < -0.4 is 4.74 Å². The van der Waals surface area contributed by atoms with Crippen LogP contribution in [0, 0.1) is 0 Å². The van der Waals surface area contributed by atoms with Crippen LogP contribution in [-0.4, -0.2) is 53.8 Å². The molecule has 180 valence electrons. The van der Waals surface area contributed by atoms with Gasteiger partial charge in [-0.3, -0.25) is 9.59 Å². The van der Waals surface area contributed by atoms with Crippen molar-refractivity contribution in [1.29, 1.82) is 0 Å². The molecule has 1 fully saturated rings. The van der Waals surface area contributed by atoms with Crippen LogP contribution in [-0.2, 0) is 16.2 Å². The van der Waals surface area contributed by atoms with Gasteiger partial charge in [-0.15, -0.1) is 0 Å². The Balaban J connectivity index is 1.61. The van der Waals surface area contributed by atoms with Gasteiger partial charge in [0.1, 0.15) is 18.1 Å². The molecule has 35 heavy (non-hydrogen) atoms. The third kappa shape index (κ3) is 5.61. The van der Waals surface area contributed by atoms with E-state index >= 15 is 0 Å². The number of aliphatic hydroxyl groups is 1. The van der Waals surface area contributed by atoms with E-state index in [4.69, 9.17) is 4.74 Å². The Hall–Kier alpha value is -3.90. The molecule has 4 rings (SSSR count). The molecule has 1 unspecified atom stereocenters. The number of ketones is 1. The second-order valence-electron chi connectivity index (χ2n) is 8.86. The zero-order valence-corrected chi connectivity index (χ0v) is 20.1. The van der Waals surface area contributed by atoms with E-state index in [0.29, 0.717) is 24.5 Å². The van der Waals surface area contributed by atoms with Crippen LogP contribution >= 0.6 is 0 Å². The lowest BCUT2D eigenvalue weighted by atomic mass is 9.95. The van der Waals surface area contributed by atoms with Gasteiger partial charge in [-0.2, -0.15) is 0 Å². The first kappa shape index (κ1) is 24.2. The van der Waals surface area contributed by atoms with Crippen LogP contribution in [0.5, 0.6) is 5.75 Å². The molecule has 6 nitrogen and oxygen atoms in total. The Morgan fingerprint density at radius 2 is 1.54 bits per heavy atom. The fourth-order valence-corrected chi connectivity index (χ4v) is 4.26. The molecule has 6 heteroatoms. The Morgan fingerprint density at radius 1 is 0.914 bits per heavy atom. The average molecular weight is 471 g/mol. The Morgan fingerprint density at radius 3 is 2.17 bits per heavy atom. The smallest absolute Gasteiger partial charge is 0.295 e. The van der Waals surface area contributed by atoms with Crippen molar-refractivity contribution in [3.8, 4) is 5.75 Å². The van der Waals surface area contributed by atoms with Crippen LogP contribution in [0.4, 0.5) is 0 Å². The van der Waals surface area contributed by atoms with E-state index in [9.17, 15) is 14.7 Å². The largest absolute Gasteiger partial charge is 0.507 e.